The van der Waals surface area contributed by atoms with E-state index in [9.17, 15) is 4.79 Å². The summed E-state index contributed by atoms with van der Waals surface area (Å²) in [5, 5.41) is 2.17. The highest BCUT2D eigenvalue weighted by Gasteiger charge is 2.16. The first-order valence-corrected chi connectivity index (χ1v) is 15.8. The van der Waals surface area contributed by atoms with Gasteiger partial charge in [-0.1, -0.05) is 110 Å². The van der Waals surface area contributed by atoms with Crippen molar-refractivity contribution in [1.82, 2.24) is 0 Å². The fraction of sp³-hybridized carbons (Fsp3) is 0.275. The van der Waals surface area contributed by atoms with Gasteiger partial charge in [0.1, 0.15) is 19.0 Å². The maximum atomic E-state index is 11.9. The van der Waals surface area contributed by atoms with Crippen LogP contribution in [0.25, 0.3) is 10.8 Å². The molecule has 5 aromatic carbocycles. The summed E-state index contributed by atoms with van der Waals surface area (Å²) in [5.41, 5.74) is 4.38. The van der Waals surface area contributed by atoms with Gasteiger partial charge in [0, 0.05) is 0 Å². The van der Waals surface area contributed by atoms with Crippen molar-refractivity contribution in [2.24, 2.45) is 0 Å². The lowest BCUT2D eigenvalue weighted by Gasteiger charge is -2.17. The van der Waals surface area contributed by atoms with E-state index in [1.165, 1.54) is 12.7 Å². The maximum absolute atomic E-state index is 11.9. The van der Waals surface area contributed by atoms with Crippen molar-refractivity contribution < 1.29 is 23.7 Å². The molecule has 0 aliphatic rings. The third-order valence-electron chi connectivity index (χ3n) is 8.02. The van der Waals surface area contributed by atoms with E-state index in [0.29, 0.717) is 19.8 Å². The lowest BCUT2D eigenvalue weighted by molar-refractivity contribution is -0.141. The molecule has 0 radical (unpaired) electrons. The van der Waals surface area contributed by atoms with Gasteiger partial charge in [-0.25, -0.2) is 0 Å². The van der Waals surface area contributed by atoms with Gasteiger partial charge in [-0.3, -0.25) is 4.79 Å². The van der Waals surface area contributed by atoms with Gasteiger partial charge in [0.2, 0.25) is 0 Å². The van der Waals surface area contributed by atoms with Crippen molar-refractivity contribution in [2.75, 3.05) is 13.7 Å². The molecule has 0 unspecified atom stereocenters. The highest BCUT2D eigenvalue weighted by Crippen LogP contribution is 2.34. The van der Waals surface area contributed by atoms with Crippen molar-refractivity contribution >= 4 is 16.7 Å². The molecule has 0 saturated carbocycles. The van der Waals surface area contributed by atoms with E-state index in [1.54, 1.807) is 0 Å². The van der Waals surface area contributed by atoms with Crippen molar-refractivity contribution in [1.29, 1.82) is 0 Å². The molecule has 0 heterocycles. The Morgan fingerprint density at radius 2 is 1.31 bits per heavy atom. The average Bonchev–Trinajstić information content (AvgIpc) is 3.09. The molecule has 0 aliphatic heterocycles. The van der Waals surface area contributed by atoms with Gasteiger partial charge < -0.3 is 18.9 Å². The third kappa shape index (κ3) is 9.12. The largest absolute Gasteiger partial charge is 0.494 e. The van der Waals surface area contributed by atoms with Gasteiger partial charge >= 0.3 is 5.97 Å². The van der Waals surface area contributed by atoms with Gasteiger partial charge in [-0.05, 0) is 77.4 Å². The smallest absolute Gasteiger partial charge is 0.312 e. The highest BCUT2D eigenvalue weighted by atomic mass is 16.5. The number of esters is 1. The summed E-state index contributed by atoms with van der Waals surface area (Å²) in [7, 11) is 1.42. The van der Waals surface area contributed by atoms with E-state index >= 15 is 0 Å². The summed E-state index contributed by atoms with van der Waals surface area (Å²) >= 11 is 0. The minimum atomic E-state index is -0.291. The Labute approximate surface area is 266 Å². The van der Waals surface area contributed by atoms with Crippen LogP contribution >= 0.6 is 0 Å². The first kappa shape index (κ1) is 31.6. The Hall–Kier alpha value is -4.77. The Morgan fingerprint density at radius 1 is 0.644 bits per heavy atom. The van der Waals surface area contributed by atoms with Crippen LogP contribution in [0.1, 0.15) is 60.8 Å². The zero-order chi connectivity index (χ0) is 31.3. The molecule has 0 bridgehead atoms. The Morgan fingerprint density at radius 3 is 2.04 bits per heavy atom. The van der Waals surface area contributed by atoms with Crippen LogP contribution in [0.5, 0.6) is 17.2 Å². The second kappa shape index (κ2) is 16.3. The number of carbonyl (C=O) groups is 1. The fourth-order valence-corrected chi connectivity index (χ4v) is 5.38. The summed E-state index contributed by atoms with van der Waals surface area (Å²) < 4.78 is 23.6. The number of unbranched alkanes of at least 4 members (excludes halogenated alkanes) is 3. The van der Waals surface area contributed by atoms with Crippen molar-refractivity contribution in [3.05, 3.63) is 138 Å². The van der Waals surface area contributed by atoms with Crippen LogP contribution in [0.2, 0.25) is 0 Å². The maximum Gasteiger partial charge on any atom is 0.312 e. The molecule has 1 atom stereocenters. The third-order valence-corrected chi connectivity index (χ3v) is 8.02. The molecule has 0 aromatic heterocycles. The molecule has 5 nitrogen and oxygen atoms in total. The van der Waals surface area contributed by atoms with Crippen LogP contribution in [0.4, 0.5) is 0 Å². The van der Waals surface area contributed by atoms with Gasteiger partial charge in [-0.2, -0.15) is 0 Å². The molecular weight excluding hydrogens is 560 g/mol. The predicted molar refractivity (Wildman–Crippen MR) is 180 cm³/mol. The molecular formula is C40H42O5. The van der Waals surface area contributed by atoms with Crippen LogP contribution < -0.4 is 14.2 Å². The molecule has 0 aliphatic carbocycles. The topological polar surface area (TPSA) is 54.0 Å². The summed E-state index contributed by atoms with van der Waals surface area (Å²) in [6.07, 6.45) is 5.17. The average molecular weight is 603 g/mol. The first-order chi connectivity index (χ1) is 22.1. The van der Waals surface area contributed by atoms with E-state index in [1.807, 2.05) is 79.7 Å². The zero-order valence-corrected chi connectivity index (χ0v) is 26.2. The number of aryl methyl sites for hydroxylation is 1. The SMILES string of the molecule is COC(=O)[C@@H](C)c1ccc2cc(OCCCCCCc3cccc(OCc4ccccc4)c3OCc3ccccc3)ccc2c1. The number of para-hydroxylation sites is 1. The fourth-order valence-electron chi connectivity index (χ4n) is 5.38. The van der Waals surface area contributed by atoms with Gasteiger partial charge in [-0.15, -0.1) is 0 Å². The molecule has 0 saturated heterocycles. The van der Waals surface area contributed by atoms with E-state index < -0.39 is 0 Å². The van der Waals surface area contributed by atoms with Gasteiger partial charge in [0.15, 0.2) is 11.5 Å². The quantitative estimate of drug-likeness (QED) is 0.0832. The van der Waals surface area contributed by atoms with Crippen molar-refractivity contribution in [3.8, 4) is 17.2 Å². The van der Waals surface area contributed by atoms with Crippen molar-refractivity contribution in [2.45, 2.75) is 58.2 Å². The summed E-state index contributed by atoms with van der Waals surface area (Å²) in [6, 6.07) is 38.8. The normalized spacial score (nSPS) is 11.6. The molecule has 45 heavy (non-hydrogen) atoms. The second-order valence-corrected chi connectivity index (χ2v) is 11.3. The Kier molecular flexibility index (Phi) is 11.5. The summed E-state index contributed by atoms with van der Waals surface area (Å²) in [4.78, 5) is 11.9. The molecule has 232 valence electrons. The lowest BCUT2D eigenvalue weighted by Crippen LogP contribution is -2.10. The Balaban J connectivity index is 1.10. The first-order valence-electron chi connectivity index (χ1n) is 15.8. The van der Waals surface area contributed by atoms with E-state index in [4.69, 9.17) is 18.9 Å². The minimum Gasteiger partial charge on any atom is -0.494 e. The molecule has 0 amide bonds. The molecule has 5 heteroatoms. The summed E-state index contributed by atoms with van der Waals surface area (Å²) in [6.45, 7) is 3.54. The standard InChI is InChI=1S/C40H42O5/c1-30(40(41)42-2)34-21-22-36-27-37(24-23-35(36)26-34)43-25-12-4-3-11-18-33-19-13-20-38(44-28-31-14-7-5-8-15-31)39(33)45-29-32-16-9-6-10-17-32/h5-10,13-17,19-24,26-27,30H,3-4,11-12,18,25,28-29H2,1-2H3/t30-/m0/s1. The van der Waals surface area contributed by atoms with Crippen LogP contribution in [0, 0.1) is 0 Å². The van der Waals surface area contributed by atoms with Crippen LogP contribution in [0.15, 0.2) is 115 Å². The van der Waals surface area contributed by atoms with Crippen LogP contribution in [-0.4, -0.2) is 19.7 Å². The number of methoxy groups -OCH3 is 1. The summed E-state index contributed by atoms with van der Waals surface area (Å²) in [5.74, 6) is 1.96. The lowest BCUT2D eigenvalue weighted by atomic mass is 9.98. The van der Waals surface area contributed by atoms with E-state index in [0.717, 1.165) is 76.8 Å². The number of carbonyl (C=O) groups excluding carboxylic acids is 1. The van der Waals surface area contributed by atoms with Crippen LogP contribution in [0.3, 0.4) is 0 Å². The van der Waals surface area contributed by atoms with Crippen molar-refractivity contribution in [3.63, 3.8) is 0 Å². The van der Waals surface area contributed by atoms with Gasteiger partial charge in [0.05, 0.1) is 19.6 Å². The number of hydrogen-bond donors (Lipinski definition) is 0. The van der Waals surface area contributed by atoms with Gasteiger partial charge in [0.25, 0.3) is 0 Å². The number of benzene rings is 5. The van der Waals surface area contributed by atoms with E-state index in [2.05, 4.69) is 42.5 Å². The van der Waals surface area contributed by atoms with E-state index in [-0.39, 0.29) is 11.9 Å². The monoisotopic (exact) mass is 602 g/mol. The minimum absolute atomic E-state index is 0.229. The molecule has 0 N–H and O–H groups in total. The number of ether oxygens (including phenoxy) is 4. The zero-order valence-electron chi connectivity index (χ0n) is 26.2. The molecule has 5 aromatic rings. The van der Waals surface area contributed by atoms with Crippen LogP contribution in [-0.2, 0) is 29.2 Å². The predicted octanol–water partition coefficient (Wildman–Crippen LogP) is 9.46. The number of rotatable bonds is 16. The molecule has 0 fully saturated rings. The highest BCUT2D eigenvalue weighted by molar-refractivity contribution is 5.86. The number of hydrogen-bond acceptors (Lipinski definition) is 5. The second-order valence-electron chi connectivity index (χ2n) is 11.3. The Bertz CT molecular complexity index is 1650. The molecule has 5 rings (SSSR count). The number of fused-ring (bicyclic) bond motifs is 1. The molecule has 0 spiro atoms.